The van der Waals surface area contributed by atoms with Gasteiger partial charge in [-0.3, -0.25) is 4.79 Å². The van der Waals surface area contributed by atoms with Crippen molar-refractivity contribution < 1.29 is 27.5 Å². The summed E-state index contributed by atoms with van der Waals surface area (Å²) in [5.74, 6) is -0.842. The number of nitrogens with zero attached hydrogens (tertiary/aromatic N) is 1. The zero-order chi connectivity index (χ0) is 15.8. The first-order valence-corrected chi connectivity index (χ1v) is 8.08. The molecular formula is C12H21NO6S. The van der Waals surface area contributed by atoms with Gasteiger partial charge in [0.15, 0.2) is 14.6 Å². The molecule has 1 amide bonds. The summed E-state index contributed by atoms with van der Waals surface area (Å²) in [5.41, 5.74) is -0.682. The van der Waals surface area contributed by atoms with Crippen molar-refractivity contribution >= 4 is 21.9 Å². The number of amides is 1. The van der Waals surface area contributed by atoms with E-state index in [1.165, 1.54) is 4.90 Å². The number of ether oxygens (including phenoxy) is 2. The molecule has 0 bridgehead atoms. The zero-order valence-corrected chi connectivity index (χ0v) is 13.2. The molecule has 1 fully saturated rings. The number of carbonyl (C=O) groups is 2. The monoisotopic (exact) mass is 307 g/mol. The van der Waals surface area contributed by atoms with Crippen LogP contribution in [0.2, 0.25) is 0 Å². The molecule has 20 heavy (non-hydrogen) atoms. The molecular weight excluding hydrogens is 286 g/mol. The van der Waals surface area contributed by atoms with Crippen LogP contribution in [0.25, 0.3) is 0 Å². The summed E-state index contributed by atoms with van der Waals surface area (Å²) in [7, 11) is -2.58. The zero-order valence-electron chi connectivity index (χ0n) is 12.4. The Morgan fingerprint density at radius 3 is 2.20 bits per heavy atom. The van der Waals surface area contributed by atoms with Crippen LogP contribution in [0.4, 0.5) is 4.79 Å². The van der Waals surface area contributed by atoms with Gasteiger partial charge in [0, 0.05) is 12.8 Å². The van der Waals surface area contributed by atoms with E-state index >= 15 is 0 Å². The predicted molar refractivity (Wildman–Crippen MR) is 72.0 cm³/mol. The third-order valence-electron chi connectivity index (χ3n) is 3.15. The SMILES string of the molecule is COC(=O)[C@]1(S(C)(=O)=O)CCN(C(=O)OC(C)(C)C)C1. The quantitative estimate of drug-likeness (QED) is 0.693. The standard InChI is InChI=1S/C12H21NO6S/c1-11(2,3)19-10(15)13-7-6-12(8-13,9(14)18-4)20(5,16)17/h6-8H2,1-5H3/t12-/m0/s1. The van der Waals surface area contributed by atoms with E-state index in [2.05, 4.69) is 4.74 Å². The second-order valence-electron chi connectivity index (χ2n) is 5.91. The van der Waals surface area contributed by atoms with Gasteiger partial charge in [0.1, 0.15) is 5.60 Å². The minimum Gasteiger partial charge on any atom is -0.468 e. The number of hydrogen-bond donors (Lipinski definition) is 0. The average molecular weight is 307 g/mol. The molecule has 0 N–H and O–H groups in total. The summed E-state index contributed by atoms with van der Waals surface area (Å²) in [6.07, 6.45) is 0.354. The van der Waals surface area contributed by atoms with Crippen LogP contribution in [0.3, 0.4) is 0 Å². The molecule has 7 nitrogen and oxygen atoms in total. The van der Waals surface area contributed by atoms with Crippen LogP contribution in [0.5, 0.6) is 0 Å². The number of methoxy groups -OCH3 is 1. The molecule has 116 valence electrons. The summed E-state index contributed by atoms with van der Waals surface area (Å²) in [6.45, 7) is 5.03. The second-order valence-corrected chi connectivity index (χ2v) is 8.24. The van der Waals surface area contributed by atoms with Crippen molar-refractivity contribution in [2.24, 2.45) is 0 Å². The summed E-state index contributed by atoms with van der Waals surface area (Å²) in [4.78, 5) is 25.0. The van der Waals surface area contributed by atoms with Crippen LogP contribution >= 0.6 is 0 Å². The number of carbonyl (C=O) groups excluding carboxylic acids is 2. The highest BCUT2D eigenvalue weighted by atomic mass is 32.2. The lowest BCUT2D eigenvalue weighted by Crippen LogP contribution is -2.50. The van der Waals surface area contributed by atoms with E-state index in [9.17, 15) is 18.0 Å². The topological polar surface area (TPSA) is 90.0 Å². The van der Waals surface area contributed by atoms with E-state index in [1.54, 1.807) is 20.8 Å². The Balaban J connectivity index is 2.97. The Labute approximate surface area is 119 Å². The molecule has 1 saturated heterocycles. The van der Waals surface area contributed by atoms with Crippen molar-refractivity contribution in [3.8, 4) is 0 Å². The molecule has 0 aromatic rings. The van der Waals surface area contributed by atoms with Gasteiger partial charge in [-0.25, -0.2) is 13.2 Å². The van der Waals surface area contributed by atoms with Crippen LogP contribution in [0.15, 0.2) is 0 Å². The first-order valence-electron chi connectivity index (χ1n) is 6.19. The van der Waals surface area contributed by atoms with Crippen molar-refractivity contribution in [2.45, 2.75) is 37.5 Å². The molecule has 8 heteroatoms. The predicted octanol–water partition coefficient (Wildman–Crippen LogP) is 0.584. The Hall–Kier alpha value is -1.31. The molecule has 0 unspecified atom stereocenters. The second kappa shape index (κ2) is 5.23. The van der Waals surface area contributed by atoms with Crippen molar-refractivity contribution in [2.75, 3.05) is 26.5 Å². The molecule has 0 radical (unpaired) electrons. The van der Waals surface area contributed by atoms with E-state index in [4.69, 9.17) is 4.74 Å². The number of likely N-dealkylation sites (tertiary alicyclic amines) is 1. The normalized spacial score (nSPS) is 23.6. The van der Waals surface area contributed by atoms with Crippen molar-refractivity contribution in [1.82, 2.24) is 4.90 Å². The fourth-order valence-electron chi connectivity index (χ4n) is 2.07. The third kappa shape index (κ3) is 3.23. The van der Waals surface area contributed by atoms with Crippen molar-refractivity contribution in [3.05, 3.63) is 0 Å². The van der Waals surface area contributed by atoms with E-state index in [0.29, 0.717) is 0 Å². The van der Waals surface area contributed by atoms with Gasteiger partial charge in [-0.15, -0.1) is 0 Å². The first-order chi connectivity index (χ1) is 8.93. The van der Waals surface area contributed by atoms with Crippen LogP contribution in [0.1, 0.15) is 27.2 Å². The maximum Gasteiger partial charge on any atom is 0.410 e. The minimum absolute atomic E-state index is 0.0117. The summed E-state index contributed by atoms with van der Waals surface area (Å²) in [6, 6.07) is 0. The fraction of sp³-hybridized carbons (Fsp3) is 0.833. The van der Waals surface area contributed by atoms with E-state index in [1.807, 2.05) is 0 Å². The lowest BCUT2D eigenvalue weighted by Gasteiger charge is -2.26. The Bertz CT molecular complexity index is 507. The van der Waals surface area contributed by atoms with Gasteiger partial charge in [0.25, 0.3) is 0 Å². The molecule has 0 aromatic carbocycles. The molecule has 0 aliphatic carbocycles. The Kier molecular flexibility index (Phi) is 4.38. The highest BCUT2D eigenvalue weighted by Crippen LogP contribution is 2.31. The van der Waals surface area contributed by atoms with Crippen LogP contribution in [-0.4, -0.2) is 62.2 Å². The lowest BCUT2D eigenvalue weighted by atomic mass is 10.1. The molecule has 1 rings (SSSR count). The summed E-state index contributed by atoms with van der Waals surface area (Å²) in [5, 5.41) is 0. The van der Waals surface area contributed by atoms with Gasteiger partial charge < -0.3 is 14.4 Å². The van der Waals surface area contributed by atoms with Gasteiger partial charge in [-0.1, -0.05) is 0 Å². The molecule has 0 saturated carbocycles. The van der Waals surface area contributed by atoms with Crippen LogP contribution in [0, 0.1) is 0 Å². The number of sulfone groups is 1. The maximum atomic E-state index is 11.9. The highest BCUT2D eigenvalue weighted by molar-refractivity contribution is 7.92. The number of hydrogen-bond acceptors (Lipinski definition) is 6. The van der Waals surface area contributed by atoms with Gasteiger partial charge >= 0.3 is 12.1 Å². The van der Waals surface area contributed by atoms with Gasteiger partial charge in [0.05, 0.1) is 13.7 Å². The van der Waals surface area contributed by atoms with Crippen molar-refractivity contribution in [3.63, 3.8) is 0 Å². The lowest BCUT2D eigenvalue weighted by molar-refractivity contribution is -0.143. The highest BCUT2D eigenvalue weighted by Gasteiger charge is 2.55. The molecule has 1 atom stereocenters. The fourth-order valence-corrected chi connectivity index (χ4v) is 3.31. The largest absolute Gasteiger partial charge is 0.468 e. The van der Waals surface area contributed by atoms with Gasteiger partial charge in [0.2, 0.25) is 0 Å². The van der Waals surface area contributed by atoms with E-state index < -0.39 is 32.2 Å². The van der Waals surface area contributed by atoms with E-state index in [0.717, 1.165) is 13.4 Å². The molecule has 0 spiro atoms. The maximum absolute atomic E-state index is 11.9. The Morgan fingerprint density at radius 1 is 1.25 bits per heavy atom. The van der Waals surface area contributed by atoms with Crippen LogP contribution < -0.4 is 0 Å². The molecule has 0 aromatic heterocycles. The third-order valence-corrected chi connectivity index (χ3v) is 5.07. The summed E-state index contributed by atoms with van der Waals surface area (Å²) < 4.78 is 31.9. The minimum atomic E-state index is -3.71. The molecule has 1 aliphatic heterocycles. The molecule has 1 aliphatic rings. The molecule has 1 heterocycles. The number of rotatable bonds is 2. The van der Waals surface area contributed by atoms with Gasteiger partial charge in [-0.05, 0) is 27.2 Å². The van der Waals surface area contributed by atoms with Gasteiger partial charge in [-0.2, -0.15) is 0 Å². The van der Waals surface area contributed by atoms with Crippen molar-refractivity contribution in [1.29, 1.82) is 0 Å². The Morgan fingerprint density at radius 2 is 1.80 bits per heavy atom. The summed E-state index contributed by atoms with van der Waals surface area (Å²) >= 11 is 0. The van der Waals surface area contributed by atoms with E-state index in [-0.39, 0.29) is 19.5 Å². The number of esters is 1. The first kappa shape index (κ1) is 16.7. The average Bonchev–Trinajstić information content (AvgIpc) is 2.71. The smallest absolute Gasteiger partial charge is 0.410 e. The van der Waals surface area contributed by atoms with Crippen LogP contribution in [-0.2, 0) is 24.1 Å².